The van der Waals surface area contributed by atoms with Crippen LogP contribution in [-0.2, 0) is 9.53 Å². The van der Waals surface area contributed by atoms with Gasteiger partial charge in [-0.3, -0.25) is 9.97 Å². The van der Waals surface area contributed by atoms with Crippen molar-refractivity contribution in [1.29, 1.82) is 0 Å². The van der Waals surface area contributed by atoms with Gasteiger partial charge in [0.25, 0.3) is 0 Å². The Morgan fingerprint density at radius 2 is 1.78 bits per heavy atom. The van der Waals surface area contributed by atoms with Crippen molar-refractivity contribution >= 4 is 11.7 Å². The van der Waals surface area contributed by atoms with Crippen LogP contribution >= 0.6 is 0 Å². The third-order valence-corrected chi connectivity index (χ3v) is 6.81. The van der Waals surface area contributed by atoms with Crippen LogP contribution in [0.4, 0.5) is 5.69 Å². The minimum atomic E-state index is -1.15. The number of carboxylic acid groups (broad SMARTS) is 1. The Labute approximate surface area is 215 Å². The molecule has 0 spiro atoms. The molecular weight excluding hydrogens is 454 g/mol. The smallest absolute Gasteiger partial charge is 0.337 e. The fourth-order valence-electron chi connectivity index (χ4n) is 4.73. The van der Waals surface area contributed by atoms with E-state index in [2.05, 4.69) is 42.6 Å². The van der Waals surface area contributed by atoms with Crippen LogP contribution in [0.2, 0.25) is 0 Å². The Morgan fingerprint density at radius 1 is 1.14 bits per heavy atom. The molecule has 7 nitrogen and oxygen atoms in total. The SMILES string of the molecule is Cc1ncc(-c2ccc([C@@H](O)CC(C)C)nc2)c(N2CCC(C)(C)CC2)c1[C@H](OC(C)(C)C)C(=O)O. The first-order valence-corrected chi connectivity index (χ1v) is 13.0. The van der Waals surface area contributed by atoms with Crippen LogP contribution in [0.25, 0.3) is 11.1 Å². The van der Waals surface area contributed by atoms with Gasteiger partial charge in [-0.05, 0) is 64.4 Å². The molecule has 0 amide bonds. The molecule has 198 valence electrons. The van der Waals surface area contributed by atoms with Crippen molar-refractivity contribution in [2.24, 2.45) is 11.3 Å². The molecule has 7 heteroatoms. The highest BCUT2D eigenvalue weighted by Gasteiger charge is 2.35. The Bertz CT molecular complexity index is 1050. The van der Waals surface area contributed by atoms with Crippen molar-refractivity contribution in [1.82, 2.24) is 9.97 Å². The molecule has 1 aliphatic heterocycles. The highest BCUT2D eigenvalue weighted by atomic mass is 16.5. The maximum atomic E-state index is 12.5. The fraction of sp³-hybridized carbons (Fsp3) is 0.621. The summed E-state index contributed by atoms with van der Waals surface area (Å²) < 4.78 is 6.10. The second-order valence-corrected chi connectivity index (χ2v) is 12.2. The quantitative estimate of drug-likeness (QED) is 0.455. The number of piperidine rings is 1. The Morgan fingerprint density at radius 3 is 2.28 bits per heavy atom. The van der Waals surface area contributed by atoms with E-state index < -0.39 is 23.8 Å². The average Bonchev–Trinajstić information content (AvgIpc) is 2.76. The highest BCUT2D eigenvalue weighted by Crippen LogP contribution is 2.43. The van der Waals surface area contributed by atoms with Gasteiger partial charge in [0.15, 0.2) is 6.10 Å². The normalized spacial score (nSPS) is 17.8. The summed E-state index contributed by atoms with van der Waals surface area (Å²) in [6, 6.07) is 3.80. The van der Waals surface area contributed by atoms with Gasteiger partial charge in [0, 0.05) is 47.9 Å². The summed E-state index contributed by atoms with van der Waals surface area (Å²) in [5, 5.41) is 20.8. The number of aliphatic carboxylic acids is 1. The number of rotatable bonds is 8. The van der Waals surface area contributed by atoms with Gasteiger partial charge < -0.3 is 19.8 Å². The standard InChI is InChI=1S/C29H43N3O4/c1-18(2)15-23(33)22-10-9-20(16-31-22)21-17-30-19(3)24(26(27(34)35)36-28(4,5)6)25(21)32-13-11-29(7,8)12-14-32/h9-10,16-18,23,26,33H,11-15H2,1-8H3,(H,34,35)/t23-,26-/m0/s1. The van der Waals surface area contributed by atoms with Gasteiger partial charge in [0.2, 0.25) is 0 Å². The van der Waals surface area contributed by atoms with Gasteiger partial charge in [-0.1, -0.05) is 33.8 Å². The monoisotopic (exact) mass is 497 g/mol. The van der Waals surface area contributed by atoms with E-state index in [9.17, 15) is 15.0 Å². The van der Waals surface area contributed by atoms with Crippen molar-refractivity contribution in [3.63, 3.8) is 0 Å². The molecule has 3 rings (SSSR count). The van der Waals surface area contributed by atoms with E-state index in [1.807, 2.05) is 46.0 Å². The molecule has 2 aromatic rings. The van der Waals surface area contributed by atoms with Gasteiger partial charge in [0.05, 0.1) is 23.1 Å². The number of hydrogen-bond donors (Lipinski definition) is 2. The number of pyridine rings is 2. The molecule has 1 aliphatic rings. The number of nitrogens with zero attached hydrogens (tertiary/aromatic N) is 3. The average molecular weight is 498 g/mol. The van der Waals surface area contributed by atoms with Gasteiger partial charge >= 0.3 is 5.97 Å². The molecule has 2 atom stereocenters. The highest BCUT2D eigenvalue weighted by molar-refractivity contribution is 5.86. The van der Waals surface area contributed by atoms with Crippen LogP contribution in [0.5, 0.6) is 0 Å². The van der Waals surface area contributed by atoms with Crippen LogP contribution in [-0.4, -0.2) is 44.8 Å². The first kappa shape index (κ1) is 28.1. The van der Waals surface area contributed by atoms with Crippen LogP contribution in [0.15, 0.2) is 24.5 Å². The third kappa shape index (κ3) is 6.83. The summed E-state index contributed by atoms with van der Waals surface area (Å²) in [5.41, 5.74) is 3.98. The van der Waals surface area contributed by atoms with E-state index in [0.717, 1.165) is 42.7 Å². The van der Waals surface area contributed by atoms with Gasteiger partial charge in [-0.25, -0.2) is 4.79 Å². The van der Waals surface area contributed by atoms with Crippen LogP contribution < -0.4 is 4.90 Å². The fourth-order valence-corrected chi connectivity index (χ4v) is 4.73. The van der Waals surface area contributed by atoms with E-state index in [1.54, 1.807) is 6.20 Å². The molecule has 0 saturated carbocycles. The lowest BCUT2D eigenvalue weighted by Gasteiger charge is -2.41. The molecule has 0 aliphatic carbocycles. The predicted molar refractivity (Wildman–Crippen MR) is 143 cm³/mol. The maximum absolute atomic E-state index is 12.5. The van der Waals surface area contributed by atoms with E-state index >= 15 is 0 Å². The number of aliphatic hydroxyl groups excluding tert-OH is 1. The first-order valence-electron chi connectivity index (χ1n) is 13.0. The van der Waals surface area contributed by atoms with Gasteiger partial charge in [-0.2, -0.15) is 0 Å². The summed E-state index contributed by atoms with van der Waals surface area (Å²) in [6.45, 7) is 17.8. The van der Waals surface area contributed by atoms with E-state index in [4.69, 9.17) is 4.74 Å². The molecule has 0 aromatic carbocycles. The number of aromatic nitrogens is 2. The second kappa shape index (κ2) is 10.9. The number of anilines is 1. The van der Waals surface area contributed by atoms with Crippen molar-refractivity contribution in [2.45, 2.75) is 92.5 Å². The Balaban J connectivity index is 2.15. The number of hydrogen-bond acceptors (Lipinski definition) is 6. The van der Waals surface area contributed by atoms with Crippen LogP contribution in [0.3, 0.4) is 0 Å². The molecule has 3 heterocycles. The van der Waals surface area contributed by atoms with Crippen molar-refractivity contribution < 1.29 is 19.7 Å². The molecule has 1 fully saturated rings. The first-order chi connectivity index (χ1) is 16.7. The topological polar surface area (TPSA) is 95.8 Å². The number of carboxylic acids is 1. The van der Waals surface area contributed by atoms with E-state index in [-0.39, 0.29) is 5.41 Å². The Hall–Kier alpha value is -2.51. The van der Waals surface area contributed by atoms with Crippen molar-refractivity contribution in [3.8, 4) is 11.1 Å². The molecule has 1 saturated heterocycles. The minimum absolute atomic E-state index is 0.239. The predicted octanol–water partition coefficient (Wildman–Crippen LogP) is 6.10. The summed E-state index contributed by atoms with van der Waals surface area (Å²) in [6.07, 6.45) is 4.45. The summed E-state index contributed by atoms with van der Waals surface area (Å²) in [5.74, 6) is -0.674. The summed E-state index contributed by atoms with van der Waals surface area (Å²) in [4.78, 5) is 24.0. The molecule has 2 N–H and O–H groups in total. The molecule has 36 heavy (non-hydrogen) atoms. The molecular formula is C29H43N3O4. The largest absolute Gasteiger partial charge is 0.479 e. The van der Waals surface area contributed by atoms with Crippen LogP contribution in [0, 0.1) is 18.3 Å². The zero-order valence-corrected chi connectivity index (χ0v) is 23.1. The minimum Gasteiger partial charge on any atom is -0.479 e. The van der Waals surface area contributed by atoms with Crippen molar-refractivity contribution in [3.05, 3.63) is 41.5 Å². The van der Waals surface area contributed by atoms with E-state index in [1.165, 1.54) is 0 Å². The number of aliphatic hydroxyl groups is 1. The lowest BCUT2D eigenvalue weighted by molar-refractivity contribution is -0.160. The molecule has 2 aromatic heterocycles. The third-order valence-electron chi connectivity index (χ3n) is 6.81. The lowest BCUT2D eigenvalue weighted by atomic mass is 9.82. The van der Waals surface area contributed by atoms with Gasteiger partial charge in [0.1, 0.15) is 0 Å². The Kier molecular flexibility index (Phi) is 8.46. The molecule has 0 bridgehead atoms. The zero-order chi connectivity index (χ0) is 26.8. The van der Waals surface area contributed by atoms with Gasteiger partial charge in [-0.15, -0.1) is 0 Å². The number of ether oxygens (including phenoxy) is 1. The second-order valence-electron chi connectivity index (χ2n) is 12.2. The van der Waals surface area contributed by atoms with Crippen LogP contribution in [0.1, 0.15) is 96.9 Å². The summed E-state index contributed by atoms with van der Waals surface area (Å²) in [7, 11) is 0. The number of carbonyl (C=O) groups is 1. The van der Waals surface area contributed by atoms with Crippen molar-refractivity contribution in [2.75, 3.05) is 18.0 Å². The summed E-state index contributed by atoms with van der Waals surface area (Å²) >= 11 is 0. The maximum Gasteiger partial charge on any atom is 0.337 e. The van der Waals surface area contributed by atoms with E-state index in [0.29, 0.717) is 29.3 Å². The zero-order valence-electron chi connectivity index (χ0n) is 23.1. The number of aryl methyl sites for hydroxylation is 1. The lowest BCUT2D eigenvalue weighted by Crippen LogP contribution is -2.39. The molecule has 0 radical (unpaired) electrons. The molecule has 0 unspecified atom stereocenters.